The number of amides is 3. The molecule has 0 aliphatic heterocycles. The van der Waals surface area contributed by atoms with Gasteiger partial charge in [-0.25, -0.2) is 0 Å². The molecule has 44 heavy (non-hydrogen) atoms. The van der Waals surface area contributed by atoms with Gasteiger partial charge >= 0.3 is 0 Å². The van der Waals surface area contributed by atoms with Gasteiger partial charge in [-0.05, 0) is 43.6 Å². The van der Waals surface area contributed by atoms with Crippen molar-refractivity contribution in [3.8, 4) is 0 Å². The summed E-state index contributed by atoms with van der Waals surface area (Å²) in [6.45, 7) is 15.8. The van der Waals surface area contributed by atoms with Crippen LogP contribution in [0.5, 0.6) is 0 Å². The highest BCUT2D eigenvalue weighted by Gasteiger charge is 2.35. The van der Waals surface area contributed by atoms with Crippen molar-refractivity contribution in [2.24, 2.45) is 5.92 Å². The average molecular weight is 598 g/mol. The Balaban J connectivity index is 1.98. The third kappa shape index (κ3) is 7.72. The molecule has 3 amide bonds. The van der Waals surface area contributed by atoms with E-state index in [1.165, 1.54) is 30.2 Å². The molecule has 3 rings (SSSR count). The molecule has 0 saturated carbocycles. The molecule has 1 unspecified atom stereocenters. The van der Waals surface area contributed by atoms with Crippen LogP contribution in [0, 0.1) is 5.92 Å². The molecule has 0 spiro atoms. The predicted molar refractivity (Wildman–Crippen MR) is 175 cm³/mol. The third-order valence-corrected chi connectivity index (χ3v) is 7.43. The molecule has 1 atom stereocenters. The summed E-state index contributed by atoms with van der Waals surface area (Å²) < 4.78 is 5.37. The second kappa shape index (κ2) is 16.1. The van der Waals surface area contributed by atoms with Gasteiger partial charge in [0, 0.05) is 54.3 Å². The van der Waals surface area contributed by atoms with E-state index in [9.17, 15) is 14.4 Å². The Hall–Kier alpha value is -4.92. The first-order valence-corrected chi connectivity index (χ1v) is 14.8. The molecule has 1 aromatic carbocycles. The largest absolute Gasteiger partial charge is 0.497 e. The van der Waals surface area contributed by atoms with Crippen molar-refractivity contribution in [3.05, 3.63) is 115 Å². The highest BCUT2D eigenvalue weighted by molar-refractivity contribution is 6.03. The summed E-state index contributed by atoms with van der Waals surface area (Å²) in [5.41, 5.74) is 3.30. The molecular weight excluding hydrogens is 554 g/mol. The lowest BCUT2D eigenvalue weighted by atomic mass is 9.97. The summed E-state index contributed by atoms with van der Waals surface area (Å²) in [5.74, 6) is -1.99. The van der Waals surface area contributed by atoms with E-state index in [1.54, 1.807) is 17.1 Å². The van der Waals surface area contributed by atoms with Gasteiger partial charge in [-0.1, -0.05) is 70.0 Å². The number of rotatable bonds is 15. The molecule has 232 valence electrons. The number of benzene rings is 1. The number of carbonyl (C=O) groups excluding carboxylic acids is 3. The minimum atomic E-state index is -1.16. The van der Waals surface area contributed by atoms with E-state index in [-0.39, 0.29) is 18.9 Å². The van der Waals surface area contributed by atoms with Crippen LogP contribution in [0.3, 0.4) is 0 Å². The van der Waals surface area contributed by atoms with E-state index in [2.05, 4.69) is 29.9 Å². The molecule has 9 nitrogen and oxygen atoms in total. The first kappa shape index (κ1) is 33.6. The van der Waals surface area contributed by atoms with Crippen molar-refractivity contribution < 1.29 is 19.1 Å². The Morgan fingerprint density at radius 1 is 1.14 bits per heavy atom. The average Bonchev–Trinajstić information content (AvgIpc) is 3.25. The van der Waals surface area contributed by atoms with E-state index < -0.39 is 17.7 Å². The van der Waals surface area contributed by atoms with Crippen molar-refractivity contribution >= 4 is 28.6 Å². The number of ether oxygens (including phenoxy) is 1. The number of nitrogens with one attached hydrogen (secondary N) is 1. The van der Waals surface area contributed by atoms with Crippen LogP contribution in [0.4, 0.5) is 0 Å². The fourth-order valence-corrected chi connectivity index (χ4v) is 5.15. The zero-order chi connectivity index (χ0) is 32.2. The molecule has 1 N–H and O–H groups in total. The molecular formula is C35H43N5O4. The molecule has 1 aliphatic carbocycles. The molecule has 1 aliphatic rings. The van der Waals surface area contributed by atoms with Crippen LogP contribution < -0.4 is 0 Å². The van der Waals surface area contributed by atoms with Crippen molar-refractivity contribution in [2.75, 3.05) is 27.2 Å². The third-order valence-electron chi connectivity index (χ3n) is 7.43. The smallest absolute Gasteiger partial charge is 0.246 e. The lowest BCUT2D eigenvalue weighted by Gasteiger charge is -2.30. The summed E-state index contributed by atoms with van der Waals surface area (Å²) in [7, 11) is 3.06. The maximum Gasteiger partial charge on any atom is 0.246 e. The molecule has 1 heterocycles. The van der Waals surface area contributed by atoms with Crippen LogP contribution in [-0.2, 0) is 25.5 Å². The predicted octanol–water partition coefficient (Wildman–Crippen LogP) is 5.80. The van der Waals surface area contributed by atoms with Crippen LogP contribution in [0.15, 0.2) is 109 Å². The highest BCUT2D eigenvalue weighted by atomic mass is 16.5. The Morgan fingerprint density at radius 2 is 1.89 bits per heavy atom. The van der Waals surface area contributed by atoms with E-state index in [1.807, 2.05) is 62.4 Å². The summed E-state index contributed by atoms with van der Waals surface area (Å²) in [6, 6.07) is 7.51. The van der Waals surface area contributed by atoms with Gasteiger partial charge in [0.25, 0.3) is 0 Å². The molecule has 2 aromatic rings. The number of fused-ring (bicyclic) bond motifs is 1. The number of carbonyl (C=O) groups is 3. The van der Waals surface area contributed by atoms with Gasteiger partial charge in [0.15, 0.2) is 0 Å². The standard InChI is InChI=1S/C35H43N5O4/c1-8-22-40(32(10-3)27(9-2)25(5)44-7)33(41)24-38(6)34(42)29(23-31-28-20-16-17-21-30(28)36-37-31)35(43)39(11-4)26-18-14-12-13-15-19-26/h10-12,14-21,29H,3-5,8-9,13,22-24H2,1-2,6-7H3,(H,36,37)/b32-27+. The van der Waals surface area contributed by atoms with Crippen LogP contribution in [0.1, 0.15) is 38.8 Å². The minimum Gasteiger partial charge on any atom is -0.497 e. The zero-order valence-corrected chi connectivity index (χ0v) is 26.2. The normalized spacial score (nSPS) is 13.7. The number of hydrogen-bond acceptors (Lipinski definition) is 5. The van der Waals surface area contributed by atoms with Gasteiger partial charge in [0.1, 0.15) is 11.7 Å². The monoisotopic (exact) mass is 597 g/mol. The van der Waals surface area contributed by atoms with Crippen LogP contribution in [-0.4, -0.2) is 69.9 Å². The van der Waals surface area contributed by atoms with Gasteiger partial charge < -0.3 is 14.5 Å². The van der Waals surface area contributed by atoms with Gasteiger partial charge in [-0.3, -0.25) is 24.4 Å². The SMILES string of the molecule is C=C/C(=C(/CC)C(=C)OC)N(CCC)C(=O)CN(C)C(=O)C(Cc1[nH]nc2ccccc12)C(=O)N(C=C)C1=CC=CCC=C1. The molecule has 0 fully saturated rings. The van der Waals surface area contributed by atoms with E-state index in [4.69, 9.17) is 4.74 Å². The first-order chi connectivity index (χ1) is 21.2. The highest BCUT2D eigenvalue weighted by Crippen LogP contribution is 2.25. The van der Waals surface area contributed by atoms with Gasteiger partial charge in [-0.2, -0.15) is 5.10 Å². The lowest BCUT2D eigenvalue weighted by Crippen LogP contribution is -2.47. The summed E-state index contributed by atoms with van der Waals surface area (Å²) in [5, 5.41) is 8.17. The van der Waals surface area contributed by atoms with Crippen molar-refractivity contribution in [2.45, 2.75) is 39.5 Å². The minimum absolute atomic E-state index is 0.0536. The molecule has 0 radical (unpaired) electrons. The number of nitrogens with zero attached hydrogens (tertiary/aromatic N) is 4. The Labute approximate surface area is 260 Å². The number of aromatic nitrogens is 2. The van der Waals surface area contributed by atoms with Gasteiger partial charge in [-0.15, -0.1) is 0 Å². The number of methoxy groups -OCH3 is 1. The lowest BCUT2D eigenvalue weighted by molar-refractivity contribution is -0.147. The Kier molecular flexibility index (Phi) is 12.3. The Bertz CT molecular complexity index is 1530. The maximum absolute atomic E-state index is 14.1. The number of allylic oxidation sites excluding steroid dienone is 7. The molecule has 9 heteroatoms. The second-order valence-electron chi connectivity index (χ2n) is 10.3. The van der Waals surface area contributed by atoms with Crippen molar-refractivity contribution in [1.82, 2.24) is 24.9 Å². The number of H-pyrrole nitrogens is 1. The molecule has 0 bridgehead atoms. The first-order valence-electron chi connectivity index (χ1n) is 14.8. The van der Waals surface area contributed by atoms with Gasteiger partial charge in [0.2, 0.25) is 17.7 Å². The van der Waals surface area contributed by atoms with E-state index in [0.717, 1.165) is 22.9 Å². The zero-order valence-electron chi connectivity index (χ0n) is 26.2. The number of aromatic amines is 1. The molecule has 1 aromatic heterocycles. The topological polar surface area (TPSA) is 98.8 Å². The number of likely N-dealkylation sites (N-methyl/N-ethyl adjacent to an activating group) is 1. The molecule has 0 saturated heterocycles. The van der Waals surface area contributed by atoms with Crippen LogP contribution in [0.2, 0.25) is 0 Å². The summed E-state index contributed by atoms with van der Waals surface area (Å²) in [6.07, 6.45) is 14.4. The van der Waals surface area contributed by atoms with Crippen LogP contribution >= 0.6 is 0 Å². The van der Waals surface area contributed by atoms with E-state index in [0.29, 0.717) is 42.2 Å². The fraction of sp³-hybridized carbons (Fsp3) is 0.314. The van der Waals surface area contributed by atoms with Gasteiger partial charge in [0.05, 0.1) is 19.2 Å². The quantitative estimate of drug-likeness (QED) is 0.159. The second-order valence-corrected chi connectivity index (χ2v) is 10.3. The number of para-hydroxylation sites is 1. The fourth-order valence-electron chi connectivity index (χ4n) is 5.15. The van der Waals surface area contributed by atoms with Crippen molar-refractivity contribution in [1.29, 1.82) is 0 Å². The maximum atomic E-state index is 14.1. The number of hydrogen-bond donors (Lipinski definition) is 1. The summed E-state index contributed by atoms with van der Waals surface area (Å²) in [4.78, 5) is 46.3. The van der Waals surface area contributed by atoms with Crippen molar-refractivity contribution in [3.63, 3.8) is 0 Å². The summed E-state index contributed by atoms with van der Waals surface area (Å²) >= 11 is 0. The van der Waals surface area contributed by atoms with E-state index >= 15 is 0 Å². The Morgan fingerprint density at radius 3 is 2.55 bits per heavy atom. The van der Waals surface area contributed by atoms with Crippen LogP contribution in [0.25, 0.3) is 10.9 Å².